The van der Waals surface area contributed by atoms with Crippen LogP contribution in [0.5, 0.6) is 0 Å². The molecule has 0 saturated carbocycles. The molecule has 0 aliphatic heterocycles. The molecule has 2 aromatic rings. The van der Waals surface area contributed by atoms with Crippen LogP contribution in [0.2, 0.25) is 0 Å². The van der Waals surface area contributed by atoms with Gasteiger partial charge >= 0.3 is 0 Å². The maximum Gasteiger partial charge on any atom is 0.255 e. The fraction of sp³-hybridized carbons (Fsp3) is 0.235. The fourth-order valence-corrected chi connectivity index (χ4v) is 2.76. The summed E-state index contributed by atoms with van der Waals surface area (Å²) >= 11 is 0. The van der Waals surface area contributed by atoms with Crippen LogP contribution in [0.25, 0.3) is 0 Å². The van der Waals surface area contributed by atoms with Crippen LogP contribution >= 0.6 is 0 Å². The minimum absolute atomic E-state index is 0.0966. The third-order valence-corrected chi connectivity index (χ3v) is 3.90. The Morgan fingerprint density at radius 3 is 2.75 bits per heavy atom. The minimum atomic E-state index is -0.0966. The molecule has 0 saturated heterocycles. The molecular weight excluding hydrogens is 248 g/mol. The lowest BCUT2D eigenvalue weighted by Gasteiger charge is -2.11. The molecule has 0 heterocycles. The van der Waals surface area contributed by atoms with E-state index >= 15 is 0 Å². The number of anilines is 2. The Bertz CT molecular complexity index is 656. The van der Waals surface area contributed by atoms with Crippen molar-refractivity contribution in [3.63, 3.8) is 0 Å². The lowest BCUT2D eigenvalue weighted by molar-refractivity contribution is 0.102. The predicted molar refractivity (Wildman–Crippen MR) is 82.0 cm³/mol. The number of rotatable bonds is 2. The zero-order chi connectivity index (χ0) is 14.1. The van der Waals surface area contributed by atoms with Crippen molar-refractivity contribution in [3.05, 3.63) is 58.7 Å². The number of nitrogens with one attached hydrogen (secondary N) is 1. The maximum absolute atomic E-state index is 12.4. The molecule has 0 spiro atoms. The molecule has 0 aromatic heterocycles. The van der Waals surface area contributed by atoms with Gasteiger partial charge in [0.05, 0.1) is 11.4 Å². The van der Waals surface area contributed by atoms with Crippen molar-refractivity contribution >= 4 is 17.3 Å². The van der Waals surface area contributed by atoms with Crippen LogP contribution in [-0.4, -0.2) is 5.91 Å². The summed E-state index contributed by atoms with van der Waals surface area (Å²) in [7, 11) is 0. The van der Waals surface area contributed by atoms with Crippen molar-refractivity contribution in [3.8, 4) is 0 Å². The number of amides is 1. The molecule has 102 valence electrons. The first-order valence-corrected chi connectivity index (χ1v) is 6.93. The Morgan fingerprint density at radius 2 is 1.95 bits per heavy atom. The van der Waals surface area contributed by atoms with Crippen LogP contribution in [0, 0.1) is 6.92 Å². The van der Waals surface area contributed by atoms with Crippen LogP contribution in [0.4, 0.5) is 11.4 Å². The average molecular weight is 266 g/mol. The summed E-state index contributed by atoms with van der Waals surface area (Å²) in [6.07, 6.45) is 3.38. The summed E-state index contributed by atoms with van der Waals surface area (Å²) in [5.41, 5.74) is 11.6. The summed E-state index contributed by atoms with van der Waals surface area (Å²) < 4.78 is 0. The Hall–Kier alpha value is -2.29. The molecular formula is C17H18N2O. The van der Waals surface area contributed by atoms with Crippen LogP contribution < -0.4 is 11.1 Å². The summed E-state index contributed by atoms with van der Waals surface area (Å²) in [4.78, 5) is 12.4. The van der Waals surface area contributed by atoms with Crippen LogP contribution in [0.15, 0.2) is 36.4 Å². The molecule has 0 bridgehead atoms. The highest BCUT2D eigenvalue weighted by molar-refractivity contribution is 6.06. The summed E-state index contributed by atoms with van der Waals surface area (Å²) in [5.74, 6) is -0.0966. The van der Waals surface area contributed by atoms with Gasteiger partial charge in [0, 0.05) is 5.56 Å². The van der Waals surface area contributed by atoms with Crippen LogP contribution in [0.1, 0.15) is 33.5 Å². The number of carbonyl (C=O) groups is 1. The Labute approximate surface area is 118 Å². The molecule has 0 atom stereocenters. The molecule has 3 nitrogen and oxygen atoms in total. The van der Waals surface area contributed by atoms with Gasteiger partial charge in [0.2, 0.25) is 0 Å². The van der Waals surface area contributed by atoms with Crippen molar-refractivity contribution in [2.45, 2.75) is 26.2 Å². The largest absolute Gasteiger partial charge is 0.397 e. The Kier molecular flexibility index (Phi) is 3.18. The lowest BCUT2D eigenvalue weighted by atomic mass is 10.1. The van der Waals surface area contributed by atoms with Gasteiger partial charge < -0.3 is 11.1 Å². The maximum atomic E-state index is 12.4. The molecule has 3 N–H and O–H groups in total. The number of fused-ring (bicyclic) bond motifs is 1. The average Bonchev–Trinajstić information content (AvgIpc) is 2.90. The molecule has 1 aliphatic rings. The van der Waals surface area contributed by atoms with E-state index in [0.717, 1.165) is 18.4 Å². The van der Waals surface area contributed by atoms with E-state index in [0.29, 0.717) is 16.9 Å². The smallest absolute Gasteiger partial charge is 0.255 e. The highest BCUT2D eigenvalue weighted by Gasteiger charge is 2.15. The van der Waals surface area contributed by atoms with E-state index in [1.54, 1.807) is 6.07 Å². The quantitative estimate of drug-likeness (QED) is 0.819. The summed E-state index contributed by atoms with van der Waals surface area (Å²) in [6, 6.07) is 11.6. The second-order valence-electron chi connectivity index (χ2n) is 5.33. The van der Waals surface area contributed by atoms with Gasteiger partial charge in [0.25, 0.3) is 5.91 Å². The van der Waals surface area contributed by atoms with Gasteiger partial charge in [-0.1, -0.05) is 18.2 Å². The second kappa shape index (κ2) is 5.00. The van der Waals surface area contributed by atoms with Crippen molar-refractivity contribution in [2.24, 2.45) is 0 Å². The van der Waals surface area contributed by atoms with Gasteiger partial charge in [-0.15, -0.1) is 0 Å². The van der Waals surface area contributed by atoms with E-state index in [1.807, 2.05) is 31.2 Å². The first kappa shape index (κ1) is 12.7. The lowest BCUT2D eigenvalue weighted by Crippen LogP contribution is -2.14. The zero-order valence-corrected chi connectivity index (χ0v) is 11.6. The number of nitrogen functional groups attached to an aromatic ring is 1. The van der Waals surface area contributed by atoms with Gasteiger partial charge in [-0.05, 0) is 61.1 Å². The number of aryl methyl sites for hydroxylation is 3. The van der Waals surface area contributed by atoms with E-state index < -0.39 is 0 Å². The van der Waals surface area contributed by atoms with E-state index in [-0.39, 0.29) is 5.91 Å². The molecule has 1 amide bonds. The SMILES string of the molecule is Cc1cccc(N)c1NC(=O)c1ccc2c(c1)CCC2. The third kappa shape index (κ3) is 2.27. The van der Waals surface area contributed by atoms with Gasteiger partial charge in [0.1, 0.15) is 0 Å². The molecule has 2 aromatic carbocycles. The number of carbonyl (C=O) groups excluding carboxylic acids is 1. The fourth-order valence-electron chi connectivity index (χ4n) is 2.76. The first-order chi connectivity index (χ1) is 9.65. The number of para-hydroxylation sites is 1. The minimum Gasteiger partial charge on any atom is -0.397 e. The predicted octanol–water partition coefficient (Wildman–Crippen LogP) is 3.32. The van der Waals surface area contributed by atoms with Gasteiger partial charge in [-0.3, -0.25) is 4.79 Å². The van der Waals surface area contributed by atoms with Crippen molar-refractivity contribution in [1.82, 2.24) is 0 Å². The number of nitrogens with two attached hydrogens (primary N) is 1. The molecule has 0 fully saturated rings. The van der Waals surface area contributed by atoms with Crippen LogP contribution in [-0.2, 0) is 12.8 Å². The molecule has 0 radical (unpaired) electrons. The number of hydrogen-bond donors (Lipinski definition) is 2. The van der Waals surface area contributed by atoms with E-state index in [1.165, 1.54) is 17.5 Å². The van der Waals surface area contributed by atoms with Crippen molar-refractivity contribution < 1.29 is 4.79 Å². The van der Waals surface area contributed by atoms with Crippen molar-refractivity contribution in [2.75, 3.05) is 11.1 Å². The molecule has 3 rings (SSSR count). The monoisotopic (exact) mass is 266 g/mol. The summed E-state index contributed by atoms with van der Waals surface area (Å²) in [6.45, 7) is 1.94. The first-order valence-electron chi connectivity index (χ1n) is 6.93. The molecule has 3 heteroatoms. The second-order valence-corrected chi connectivity index (χ2v) is 5.33. The number of benzene rings is 2. The third-order valence-electron chi connectivity index (χ3n) is 3.90. The van der Waals surface area contributed by atoms with E-state index in [9.17, 15) is 4.79 Å². The zero-order valence-electron chi connectivity index (χ0n) is 11.6. The topological polar surface area (TPSA) is 55.1 Å². The highest BCUT2D eigenvalue weighted by atomic mass is 16.1. The number of hydrogen-bond acceptors (Lipinski definition) is 2. The van der Waals surface area contributed by atoms with Gasteiger partial charge in [-0.25, -0.2) is 0 Å². The molecule has 20 heavy (non-hydrogen) atoms. The molecule has 1 aliphatic carbocycles. The van der Waals surface area contributed by atoms with Gasteiger partial charge in [-0.2, -0.15) is 0 Å². The van der Waals surface area contributed by atoms with Crippen molar-refractivity contribution in [1.29, 1.82) is 0 Å². The highest BCUT2D eigenvalue weighted by Crippen LogP contribution is 2.25. The standard InChI is InChI=1S/C17H18N2O/c1-11-4-2-7-15(18)16(11)19-17(20)14-9-8-12-5-3-6-13(12)10-14/h2,4,7-10H,3,5-6,18H2,1H3,(H,19,20). The van der Waals surface area contributed by atoms with Gasteiger partial charge in [0.15, 0.2) is 0 Å². The normalized spacial score (nSPS) is 13.1. The van der Waals surface area contributed by atoms with Crippen LogP contribution in [0.3, 0.4) is 0 Å². The van der Waals surface area contributed by atoms with E-state index in [2.05, 4.69) is 11.4 Å². The Balaban J connectivity index is 1.86. The molecule has 0 unspecified atom stereocenters. The summed E-state index contributed by atoms with van der Waals surface area (Å²) in [5, 5.41) is 2.92. The Morgan fingerprint density at radius 1 is 1.15 bits per heavy atom. The van der Waals surface area contributed by atoms with E-state index in [4.69, 9.17) is 5.73 Å².